The number of likely N-dealkylation sites (N-methyl/N-ethyl adjacent to an activating group) is 2. The van der Waals surface area contributed by atoms with Crippen LogP contribution in [0, 0.1) is 23.2 Å². The maximum Gasteiger partial charge on any atom is 0.509 e. The lowest BCUT2D eigenvalue weighted by Crippen LogP contribution is -2.59. The SMILES string of the molecule is CC[C@H]1OC(=O)[C@H](C)[C@@H](O[C@H]2C[C@@](C)(OC)[C@@H](OC(=O)OCc3ccccc3)[C@H](C)O2)[C@H](C)[C@@H](O[C@@H]2O[C@H](C)C[C@H](N(C)C)[C@H]2OC(C)=O)/C(C)=C/[C@@H](C)CN(C)[C@H](C)[C@@H](O)C1(C)C. The summed E-state index contributed by atoms with van der Waals surface area (Å²) < 4.78 is 56.8. The van der Waals surface area contributed by atoms with E-state index in [-0.39, 0.29) is 37.1 Å². The predicted molar refractivity (Wildman–Crippen MR) is 241 cm³/mol. The summed E-state index contributed by atoms with van der Waals surface area (Å²) in [6.07, 6.45) is -5.12. The van der Waals surface area contributed by atoms with Gasteiger partial charge in [0.1, 0.15) is 18.3 Å². The van der Waals surface area contributed by atoms with Crippen LogP contribution in [0.3, 0.4) is 0 Å². The number of carbonyl (C=O) groups is 3. The van der Waals surface area contributed by atoms with Crippen molar-refractivity contribution in [3.8, 4) is 0 Å². The summed E-state index contributed by atoms with van der Waals surface area (Å²) in [5, 5.41) is 11.9. The molecule has 364 valence electrons. The fraction of sp³-hybridized carbons (Fsp3) is 0.776. The second kappa shape index (κ2) is 23.0. The molecule has 0 aliphatic carbocycles. The molecule has 1 aromatic rings. The first-order valence-electron chi connectivity index (χ1n) is 23.1. The van der Waals surface area contributed by atoms with Crippen molar-refractivity contribution in [2.75, 3.05) is 34.8 Å². The summed E-state index contributed by atoms with van der Waals surface area (Å²) in [4.78, 5) is 44.4. The molecule has 16 atom stereocenters. The van der Waals surface area contributed by atoms with Gasteiger partial charge < -0.3 is 57.5 Å². The minimum Gasteiger partial charge on any atom is -0.461 e. The van der Waals surface area contributed by atoms with Crippen molar-refractivity contribution in [1.82, 2.24) is 9.80 Å². The van der Waals surface area contributed by atoms with Gasteiger partial charge in [-0.3, -0.25) is 9.59 Å². The van der Waals surface area contributed by atoms with E-state index in [2.05, 4.69) is 17.9 Å². The van der Waals surface area contributed by atoms with Gasteiger partial charge in [-0.05, 0) is 92.6 Å². The van der Waals surface area contributed by atoms with Gasteiger partial charge in [-0.25, -0.2) is 4.79 Å². The molecule has 15 heteroatoms. The second-order valence-electron chi connectivity index (χ2n) is 19.7. The minimum atomic E-state index is -1.09. The first-order valence-corrected chi connectivity index (χ1v) is 23.1. The molecule has 0 amide bonds. The maximum absolute atomic E-state index is 14.6. The summed E-state index contributed by atoms with van der Waals surface area (Å²) in [6.45, 7) is 23.2. The van der Waals surface area contributed by atoms with Crippen LogP contribution in [-0.2, 0) is 58.8 Å². The summed E-state index contributed by atoms with van der Waals surface area (Å²) in [5.74, 6) is -2.44. The molecule has 64 heavy (non-hydrogen) atoms. The number of aliphatic hydroxyl groups excluding tert-OH is 1. The molecule has 0 saturated carbocycles. The summed E-state index contributed by atoms with van der Waals surface area (Å²) >= 11 is 0. The fourth-order valence-corrected chi connectivity index (χ4v) is 9.86. The summed E-state index contributed by atoms with van der Waals surface area (Å²) in [6, 6.07) is 8.84. The van der Waals surface area contributed by atoms with E-state index in [4.69, 9.17) is 42.6 Å². The molecule has 2 saturated heterocycles. The van der Waals surface area contributed by atoms with E-state index >= 15 is 0 Å². The average molecular weight is 905 g/mol. The number of carbonyl (C=O) groups excluding carboxylic acids is 3. The highest BCUT2D eigenvalue weighted by atomic mass is 16.8. The van der Waals surface area contributed by atoms with Gasteiger partial charge in [0.2, 0.25) is 0 Å². The van der Waals surface area contributed by atoms with Crippen LogP contribution in [0.1, 0.15) is 108 Å². The number of benzene rings is 1. The Balaban J connectivity index is 1.77. The molecular formula is C49H80N2O13. The fourth-order valence-electron chi connectivity index (χ4n) is 9.86. The first kappa shape index (κ1) is 53.5. The maximum atomic E-state index is 14.6. The van der Waals surface area contributed by atoms with Gasteiger partial charge >= 0.3 is 18.1 Å². The van der Waals surface area contributed by atoms with Crippen LogP contribution in [-0.4, -0.2) is 147 Å². The van der Waals surface area contributed by atoms with E-state index in [0.29, 0.717) is 19.4 Å². The molecule has 2 fully saturated rings. The lowest BCUT2D eigenvalue weighted by molar-refractivity contribution is -0.305. The Morgan fingerprint density at radius 2 is 1.62 bits per heavy atom. The number of hydrogen-bond acceptors (Lipinski definition) is 15. The summed E-state index contributed by atoms with van der Waals surface area (Å²) in [7, 11) is 7.41. The molecule has 0 unspecified atom stereocenters. The third-order valence-corrected chi connectivity index (χ3v) is 13.8. The van der Waals surface area contributed by atoms with Crippen LogP contribution in [0.2, 0.25) is 0 Å². The van der Waals surface area contributed by atoms with E-state index in [0.717, 1.165) is 11.1 Å². The number of ether oxygens (including phenoxy) is 9. The normalized spacial score (nSPS) is 39.1. The largest absolute Gasteiger partial charge is 0.509 e. The highest BCUT2D eigenvalue weighted by Crippen LogP contribution is 2.40. The topological polar surface area (TPSA) is 161 Å². The number of hydrogen-bond donors (Lipinski definition) is 1. The monoisotopic (exact) mass is 905 g/mol. The molecule has 1 aromatic carbocycles. The van der Waals surface area contributed by atoms with Gasteiger partial charge in [-0.1, -0.05) is 71.0 Å². The molecule has 0 spiro atoms. The number of nitrogens with zero attached hydrogens (tertiary/aromatic N) is 2. The third-order valence-electron chi connectivity index (χ3n) is 13.8. The zero-order valence-electron chi connectivity index (χ0n) is 41.4. The van der Waals surface area contributed by atoms with Crippen molar-refractivity contribution in [2.45, 2.75) is 188 Å². The Hall–Kier alpha value is -3.15. The van der Waals surface area contributed by atoms with Gasteiger partial charge in [0, 0.05) is 44.4 Å². The Labute approximate surface area is 382 Å². The van der Waals surface area contributed by atoms with Crippen molar-refractivity contribution in [3.63, 3.8) is 0 Å². The third kappa shape index (κ3) is 13.3. The molecule has 1 N–H and O–H groups in total. The van der Waals surface area contributed by atoms with Crippen molar-refractivity contribution >= 4 is 18.1 Å². The second-order valence-corrected chi connectivity index (χ2v) is 19.7. The number of rotatable bonds is 11. The van der Waals surface area contributed by atoms with Gasteiger partial charge in [0.05, 0.1) is 42.5 Å². The van der Waals surface area contributed by atoms with E-state index in [1.807, 2.05) is 112 Å². The molecule has 0 bridgehead atoms. The molecule has 3 aliphatic rings. The number of esters is 2. The van der Waals surface area contributed by atoms with E-state index in [9.17, 15) is 19.5 Å². The lowest BCUT2D eigenvalue weighted by Gasteiger charge is -2.48. The molecule has 0 radical (unpaired) electrons. The van der Waals surface area contributed by atoms with Crippen molar-refractivity contribution in [2.24, 2.45) is 23.2 Å². The van der Waals surface area contributed by atoms with Gasteiger partial charge in [0.15, 0.2) is 24.8 Å². The first-order chi connectivity index (χ1) is 29.9. The Kier molecular flexibility index (Phi) is 19.2. The molecule has 0 aromatic heterocycles. The smallest absolute Gasteiger partial charge is 0.461 e. The highest BCUT2D eigenvalue weighted by molar-refractivity contribution is 5.73. The van der Waals surface area contributed by atoms with Crippen LogP contribution in [0.15, 0.2) is 42.0 Å². The quantitative estimate of drug-likeness (QED) is 0.138. The van der Waals surface area contributed by atoms with Crippen LogP contribution in [0.25, 0.3) is 0 Å². The Bertz CT molecular complexity index is 1690. The van der Waals surface area contributed by atoms with Gasteiger partial charge in [0.25, 0.3) is 0 Å². The van der Waals surface area contributed by atoms with Gasteiger partial charge in [-0.15, -0.1) is 0 Å². The van der Waals surface area contributed by atoms with Crippen LogP contribution >= 0.6 is 0 Å². The molecule has 4 rings (SSSR count). The lowest BCUT2D eigenvalue weighted by atomic mass is 9.76. The molecule has 15 nitrogen and oxygen atoms in total. The zero-order chi connectivity index (χ0) is 47.8. The van der Waals surface area contributed by atoms with E-state index < -0.39 is 96.3 Å². The van der Waals surface area contributed by atoms with Gasteiger partial charge in [-0.2, -0.15) is 0 Å². The van der Waals surface area contributed by atoms with Crippen LogP contribution < -0.4 is 0 Å². The molecule has 3 heterocycles. The highest BCUT2D eigenvalue weighted by Gasteiger charge is 2.52. The standard InChI is InChI=1S/C49H80N2O13/c1-17-38-48(10,11)43(53)33(7)51(15)26-28(2)23-29(3)40(63-46-42(60-35(9)52)37(50(13)14)24-30(4)58-46)31(5)41(32(6)45(54)61-38)62-39-25-49(12,56-16)44(34(8)59-39)64-47(55)57-27-36-21-19-18-20-22-36/h18-23,28,30-34,37-44,46,53H,17,24-27H2,1-16H3/b29-23+/t28-,30-,31-,32-,33-,34+,37+,38-,39+,40+,41+,42-,43-,44+,46+,49-/m1/s1. The Morgan fingerprint density at radius 1 is 0.969 bits per heavy atom. The van der Waals surface area contributed by atoms with Crippen LogP contribution in [0.5, 0.6) is 0 Å². The van der Waals surface area contributed by atoms with Crippen LogP contribution in [0.4, 0.5) is 4.79 Å². The van der Waals surface area contributed by atoms with Crippen molar-refractivity contribution in [3.05, 3.63) is 47.5 Å². The van der Waals surface area contributed by atoms with E-state index in [1.54, 1.807) is 13.8 Å². The summed E-state index contributed by atoms with van der Waals surface area (Å²) in [5.41, 5.74) is -0.245. The molecule has 3 aliphatic heterocycles. The van der Waals surface area contributed by atoms with Crippen molar-refractivity contribution in [1.29, 1.82) is 0 Å². The number of aliphatic hydroxyl groups is 1. The minimum absolute atomic E-state index is 0.00548. The Morgan fingerprint density at radius 3 is 2.22 bits per heavy atom. The van der Waals surface area contributed by atoms with Crippen molar-refractivity contribution < 1.29 is 62.1 Å². The predicted octanol–water partition coefficient (Wildman–Crippen LogP) is 6.91. The number of cyclic esters (lactones) is 1. The van der Waals surface area contributed by atoms with E-state index in [1.165, 1.54) is 14.0 Å². The molecular weight excluding hydrogens is 825 g/mol. The zero-order valence-corrected chi connectivity index (χ0v) is 41.4. The number of methoxy groups -OCH3 is 1. The average Bonchev–Trinajstić information content (AvgIpc) is 3.23.